The van der Waals surface area contributed by atoms with Crippen molar-refractivity contribution in [2.45, 2.75) is 57.7 Å². The SMILES string of the molecule is C[C@@H](Oc1ccc2c(c1)CCCC2)C(=O)NC[C@@H]1CCCO1. The van der Waals surface area contributed by atoms with E-state index >= 15 is 0 Å². The van der Waals surface area contributed by atoms with E-state index in [1.165, 1.54) is 24.0 Å². The van der Waals surface area contributed by atoms with Crippen molar-refractivity contribution in [1.29, 1.82) is 0 Å². The molecule has 0 unspecified atom stereocenters. The van der Waals surface area contributed by atoms with Crippen LogP contribution in [0.4, 0.5) is 0 Å². The molecule has 2 aliphatic rings. The highest BCUT2D eigenvalue weighted by molar-refractivity contribution is 5.80. The Morgan fingerprint density at radius 1 is 1.32 bits per heavy atom. The predicted octanol–water partition coefficient (Wildman–Crippen LogP) is 2.63. The monoisotopic (exact) mass is 303 g/mol. The lowest BCUT2D eigenvalue weighted by atomic mass is 9.92. The average molecular weight is 303 g/mol. The highest BCUT2D eigenvalue weighted by Gasteiger charge is 2.20. The molecular formula is C18H25NO3. The molecule has 1 fully saturated rings. The van der Waals surface area contributed by atoms with Crippen LogP contribution in [0, 0.1) is 0 Å². The van der Waals surface area contributed by atoms with Crippen LogP contribution in [0.2, 0.25) is 0 Å². The van der Waals surface area contributed by atoms with Crippen LogP contribution < -0.4 is 10.1 Å². The lowest BCUT2D eigenvalue weighted by Gasteiger charge is -2.19. The number of rotatable bonds is 5. The van der Waals surface area contributed by atoms with Gasteiger partial charge in [0, 0.05) is 13.2 Å². The Bertz CT molecular complexity index is 523. The second-order valence-electron chi connectivity index (χ2n) is 6.28. The van der Waals surface area contributed by atoms with Crippen molar-refractivity contribution in [3.05, 3.63) is 29.3 Å². The standard InChI is InChI=1S/C18H25NO3/c1-13(18(20)19-12-17-7-4-10-21-17)22-16-9-8-14-5-2-3-6-15(14)11-16/h8-9,11,13,17H,2-7,10,12H2,1H3,(H,19,20)/t13-,17+/m1/s1. The zero-order chi connectivity index (χ0) is 15.4. The van der Waals surface area contributed by atoms with Crippen LogP contribution in [0.5, 0.6) is 5.75 Å². The minimum absolute atomic E-state index is 0.0757. The fraction of sp³-hybridized carbons (Fsp3) is 0.611. The zero-order valence-corrected chi connectivity index (χ0v) is 13.3. The van der Waals surface area contributed by atoms with Gasteiger partial charge in [0.05, 0.1) is 6.10 Å². The Morgan fingerprint density at radius 3 is 2.91 bits per heavy atom. The molecule has 0 radical (unpaired) electrons. The molecule has 3 rings (SSSR count). The lowest BCUT2D eigenvalue weighted by Crippen LogP contribution is -2.40. The van der Waals surface area contributed by atoms with Crippen LogP contribution in [-0.4, -0.2) is 31.3 Å². The Kier molecular flexibility index (Phi) is 4.98. The zero-order valence-electron chi connectivity index (χ0n) is 13.3. The molecule has 1 amide bonds. The molecule has 1 aromatic rings. The molecule has 2 atom stereocenters. The van der Waals surface area contributed by atoms with Crippen molar-refractivity contribution in [2.24, 2.45) is 0 Å². The van der Waals surface area contributed by atoms with Gasteiger partial charge in [-0.05, 0) is 68.7 Å². The second-order valence-corrected chi connectivity index (χ2v) is 6.28. The summed E-state index contributed by atoms with van der Waals surface area (Å²) >= 11 is 0. The Hall–Kier alpha value is -1.55. The molecule has 22 heavy (non-hydrogen) atoms. The smallest absolute Gasteiger partial charge is 0.260 e. The summed E-state index contributed by atoms with van der Waals surface area (Å²) in [5.74, 6) is 0.716. The van der Waals surface area contributed by atoms with Crippen LogP contribution in [0.25, 0.3) is 0 Å². The topological polar surface area (TPSA) is 47.6 Å². The van der Waals surface area contributed by atoms with Crippen molar-refractivity contribution >= 4 is 5.91 Å². The molecule has 4 nitrogen and oxygen atoms in total. The summed E-state index contributed by atoms with van der Waals surface area (Å²) < 4.78 is 11.3. The van der Waals surface area contributed by atoms with Crippen molar-refractivity contribution in [2.75, 3.05) is 13.2 Å². The molecule has 0 spiro atoms. The number of carbonyl (C=O) groups is 1. The van der Waals surface area contributed by atoms with E-state index in [1.54, 1.807) is 6.92 Å². The third-order valence-corrected chi connectivity index (χ3v) is 4.53. The molecular weight excluding hydrogens is 278 g/mol. The van der Waals surface area contributed by atoms with E-state index < -0.39 is 6.10 Å². The van der Waals surface area contributed by atoms with Crippen molar-refractivity contribution < 1.29 is 14.3 Å². The largest absolute Gasteiger partial charge is 0.481 e. The van der Waals surface area contributed by atoms with Gasteiger partial charge in [-0.1, -0.05) is 6.07 Å². The van der Waals surface area contributed by atoms with Gasteiger partial charge in [0.2, 0.25) is 0 Å². The van der Waals surface area contributed by atoms with Gasteiger partial charge in [0.1, 0.15) is 5.75 Å². The van der Waals surface area contributed by atoms with E-state index in [-0.39, 0.29) is 12.0 Å². The van der Waals surface area contributed by atoms with Crippen LogP contribution in [-0.2, 0) is 22.4 Å². The normalized spacial score (nSPS) is 22.0. The number of ether oxygens (including phenoxy) is 2. The van der Waals surface area contributed by atoms with E-state index in [0.717, 1.165) is 38.0 Å². The number of aryl methyl sites for hydroxylation is 2. The number of hydrogen-bond acceptors (Lipinski definition) is 3. The van der Waals surface area contributed by atoms with Gasteiger partial charge in [-0.15, -0.1) is 0 Å². The number of amides is 1. The summed E-state index contributed by atoms with van der Waals surface area (Å²) in [5, 5.41) is 2.92. The number of nitrogens with one attached hydrogen (secondary N) is 1. The van der Waals surface area contributed by atoms with Crippen molar-refractivity contribution in [3.63, 3.8) is 0 Å². The maximum absolute atomic E-state index is 12.1. The summed E-state index contributed by atoms with van der Waals surface area (Å²) in [6.07, 6.45) is 6.59. The number of hydrogen-bond donors (Lipinski definition) is 1. The third-order valence-electron chi connectivity index (χ3n) is 4.53. The van der Waals surface area contributed by atoms with Crippen molar-refractivity contribution in [1.82, 2.24) is 5.32 Å². The highest BCUT2D eigenvalue weighted by atomic mass is 16.5. The molecule has 1 heterocycles. The van der Waals surface area contributed by atoms with Gasteiger partial charge in [0.15, 0.2) is 6.10 Å². The number of benzene rings is 1. The second kappa shape index (κ2) is 7.14. The number of fused-ring (bicyclic) bond motifs is 1. The molecule has 0 aromatic heterocycles. The maximum atomic E-state index is 12.1. The Balaban J connectivity index is 1.51. The molecule has 1 aromatic carbocycles. The van der Waals surface area contributed by atoms with Gasteiger partial charge in [-0.3, -0.25) is 4.79 Å². The first-order valence-corrected chi connectivity index (χ1v) is 8.40. The minimum atomic E-state index is -0.483. The summed E-state index contributed by atoms with van der Waals surface area (Å²) in [6, 6.07) is 6.22. The van der Waals surface area contributed by atoms with Crippen LogP contribution in [0.15, 0.2) is 18.2 Å². The van der Waals surface area contributed by atoms with Crippen LogP contribution in [0.3, 0.4) is 0 Å². The predicted molar refractivity (Wildman–Crippen MR) is 85.2 cm³/mol. The first kappa shape index (κ1) is 15.3. The van der Waals surface area contributed by atoms with E-state index in [4.69, 9.17) is 9.47 Å². The first-order chi connectivity index (χ1) is 10.7. The molecule has 1 N–H and O–H groups in total. The maximum Gasteiger partial charge on any atom is 0.260 e. The molecule has 0 saturated carbocycles. The van der Waals surface area contributed by atoms with E-state index in [0.29, 0.717) is 6.54 Å². The van der Waals surface area contributed by atoms with Crippen molar-refractivity contribution in [3.8, 4) is 5.75 Å². The van der Waals surface area contributed by atoms with Gasteiger partial charge < -0.3 is 14.8 Å². The van der Waals surface area contributed by atoms with Crippen LogP contribution >= 0.6 is 0 Å². The van der Waals surface area contributed by atoms with Crippen LogP contribution in [0.1, 0.15) is 43.7 Å². The Labute approximate surface area is 132 Å². The summed E-state index contributed by atoms with van der Waals surface area (Å²) in [6.45, 7) is 3.18. The summed E-state index contributed by atoms with van der Waals surface area (Å²) in [4.78, 5) is 12.1. The van der Waals surface area contributed by atoms with Gasteiger partial charge in [-0.2, -0.15) is 0 Å². The summed E-state index contributed by atoms with van der Waals surface area (Å²) in [5.41, 5.74) is 2.80. The minimum Gasteiger partial charge on any atom is -0.481 e. The fourth-order valence-electron chi connectivity index (χ4n) is 3.20. The van der Waals surface area contributed by atoms with Gasteiger partial charge >= 0.3 is 0 Å². The lowest BCUT2D eigenvalue weighted by molar-refractivity contribution is -0.127. The van der Waals surface area contributed by atoms with E-state index in [1.807, 2.05) is 6.07 Å². The van der Waals surface area contributed by atoms with Gasteiger partial charge in [0.25, 0.3) is 5.91 Å². The Morgan fingerprint density at radius 2 is 2.14 bits per heavy atom. The molecule has 120 valence electrons. The van der Waals surface area contributed by atoms with E-state index in [9.17, 15) is 4.79 Å². The number of carbonyl (C=O) groups excluding carboxylic acids is 1. The quantitative estimate of drug-likeness (QED) is 0.909. The average Bonchev–Trinajstić information content (AvgIpc) is 3.06. The molecule has 0 bridgehead atoms. The summed E-state index contributed by atoms with van der Waals surface area (Å²) in [7, 11) is 0. The fourth-order valence-corrected chi connectivity index (χ4v) is 3.20. The molecule has 1 aliphatic heterocycles. The molecule has 1 aliphatic carbocycles. The first-order valence-electron chi connectivity index (χ1n) is 8.40. The highest BCUT2D eigenvalue weighted by Crippen LogP contribution is 2.25. The molecule has 1 saturated heterocycles. The van der Waals surface area contributed by atoms with E-state index in [2.05, 4.69) is 17.4 Å². The third kappa shape index (κ3) is 3.80. The van der Waals surface area contributed by atoms with Gasteiger partial charge in [-0.25, -0.2) is 0 Å². The molecule has 4 heteroatoms.